The number of aliphatic hydroxyl groups excluding tert-OH is 1. The lowest BCUT2D eigenvalue weighted by Crippen LogP contribution is -2.07. The van der Waals surface area contributed by atoms with Crippen molar-refractivity contribution in [2.45, 2.75) is 39.2 Å². The van der Waals surface area contributed by atoms with Gasteiger partial charge in [-0.15, -0.1) is 0 Å². The number of rotatable bonds is 5. The van der Waals surface area contributed by atoms with E-state index in [0.29, 0.717) is 5.92 Å². The Kier molecular flexibility index (Phi) is 6.44. The van der Waals surface area contributed by atoms with Crippen molar-refractivity contribution in [3.05, 3.63) is 0 Å². The lowest BCUT2D eigenvalue weighted by Gasteiger charge is -2.10. The molecule has 0 heterocycles. The van der Waals surface area contributed by atoms with Gasteiger partial charge in [0, 0.05) is 5.33 Å². The molecule has 0 aliphatic heterocycles. The van der Waals surface area contributed by atoms with Crippen LogP contribution in [0, 0.1) is 5.92 Å². The molecule has 0 saturated heterocycles. The highest BCUT2D eigenvalue weighted by atomic mass is 79.9. The third-order valence-corrected chi connectivity index (χ3v) is 2.83. The summed E-state index contributed by atoms with van der Waals surface area (Å²) in [6.45, 7) is 4.21. The van der Waals surface area contributed by atoms with E-state index in [1.807, 2.05) is 6.92 Å². The average Bonchev–Trinajstić information content (AvgIpc) is 1.99. The van der Waals surface area contributed by atoms with Gasteiger partial charge in [0.05, 0.1) is 6.10 Å². The molecule has 2 heteroatoms. The second-order valence-electron chi connectivity index (χ2n) is 2.90. The second kappa shape index (κ2) is 6.17. The fourth-order valence-corrected chi connectivity index (χ4v) is 1.08. The van der Waals surface area contributed by atoms with Crippen LogP contribution in [0.15, 0.2) is 0 Å². The molecule has 0 aliphatic carbocycles. The van der Waals surface area contributed by atoms with Crippen LogP contribution in [0.2, 0.25) is 0 Å². The standard InChI is InChI=1S/C8H17BrO/c1-3-8(10)5-4-7(2)6-9/h7-8,10H,3-6H2,1-2H3. The van der Waals surface area contributed by atoms with E-state index in [1.165, 1.54) is 0 Å². The third-order valence-electron chi connectivity index (χ3n) is 1.73. The van der Waals surface area contributed by atoms with Gasteiger partial charge in [0.1, 0.15) is 0 Å². The maximum Gasteiger partial charge on any atom is 0.0537 e. The van der Waals surface area contributed by atoms with E-state index in [2.05, 4.69) is 22.9 Å². The van der Waals surface area contributed by atoms with Gasteiger partial charge in [-0.25, -0.2) is 0 Å². The molecule has 0 radical (unpaired) electrons. The molecule has 62 valence electrons. The minimum atomic E-state index is -0.0819. The fraction of sp³-hybridized carbons (Fsp3) is 1.00. The van der Waals surface area contributed by atoms with E-state index in [0.717, 1.165) is 24.6 Å². The first-order valence-electron chi connectivity index (χ1n) is 3.94. The molecular weight excluding hydrogens is 192 g/mol. The maximum atomic E-state index is 9.19. The molecular formula is C8H17BrO. The summed E-state index contributed by atoms with van der Waals surface area (Å²) in [5.74, 6) is 0.696. The highest BCUT2D eigenvalue weighted by Crippen LogP contribution is 2.11. The number of alkyl halides is 1. The van der Waals surface area contributed by atoms with E-state index >= 15 is 0 Å². The first-order chi connectivity index (χ1) is 4.70. The molecule has 10 heavy (non-hydrogen) atoms. The van der Waals surface area contributed by atoms with E-state index < -0.39 is 0 Å². The quantitative estimate of drug-likeness (QED) is 0.690. The lowest BCUT2D eigenvalue weighted by molar-refractivity contribution is 0.153. The summed E-state index contributed by atoms with van der Waals surface area (Å²) in [6, 6.07) is 0. The Hall–Kier alpha value is 0.440. The lowest BCUT2D eigenvalue weighted by atomic mass is 10.0. The third kappa shape index (κ3) is 5.24. The van der Waals surface area contributed by atoms with Gasteiger partial charge < -0.3 is 5.11 Å². The van der Waals surface area contributed by atoms with Crippen LogP contribution in [0.1, 0.15) is 33.1 Å². The van der Waals surface area contributed by atoms with E-state index in [-0.39, 0.29) is 6.10 Å². The molecule has 0 fully saturated rings. The van der Waals surface area contributed by atoms with Crippen molar-refractivity contribution in [1.82, 2.24) is 0 Å². The zero-order chi connectivity index (χ0) is 7.98. The number of hydrogen-bond donors (Lipinski definition) is 1. The summed E-state index contributed by atoms with van der Waals surface area (Å²) in [5.41, 5.74) is 0. The molecule has 2 atom stereocenters. The first-order valence-corrected chi connectivity index (χ1v) is 5.06. The van der Waals surface area contributed by atoms with Crippen molar-refractivity contribution in [3.8, 4) is 0 Å². The Morgan fingerprint density at radius 1 is 1.40 bits per heavy atom. The number of halogens is 1. The molecule has 1 nitrogen and oxygen atoms in total. The Morgan fingerprint density at radius 3 is 2.40 bits per heavy atom. The first kappa shape index (κ1) is 10.4. The second-order valence-corrected chi connectivity index (χ2v) is 3.55. The summed E-state index contributed by atoms with van der Waals surface area (Å²) in [6.07, 6.45) is 2.87. The topological polar surface area (TPSA) is 20.2 Å². The Balaban J connectivity index is 3.17. The van der Waals surface area contributed by atoms with Crippen molar-refractivity contribution >= 4 is 15.9 Å². The smallest absolute Gasteiger partial charge is 0.0537 e. The molecule has 0 aromatic rings. The van der Waals surface area contributed by atoms with E-state index in [1.54, 1.807) is 0 Å². The van der Waals surface area contributed by atoms with Crippen molar-refractivity contribution in [2.75, 3.05) is 5.33 Å². The van der Waals surface area contributed by atoms with Gasteiger partial charge in [0.2, 0.25) is 0 Å². The van der Waals surface area contributed by atoms with Crippen LogP contribution in [0.4, 0.5) is 0 Å². The molecule has 0 spiro atoms. The van der Waals surface area contributed by atoms with Gasteiger partial charge in [-0.2, -0.15) is 0 Å². The van der Waals surface area contributed by atoms with Crippen LogP contribution in [-0.4, -0.2) is 16.5 Å². The molecule has 0 aromatic heterocycles. The van der Waals surface area contributed by atoms with Crippen LogP contribution >= 0.6 is 15.9 Å². The number of aliphatic hydroxyl groups is 1. The summed E-state index contributed by atoms with van der Waals surface area (Å²) in [7, 11) is 0. The van der Waals surface area contributed by atoms with Gasteiger partial charge in [0.15, 0.2) is 0 Å². The SMILES string of the molecule is CCC(O)CCC(C)CBr. The van der Waals surface area contributed by atoms with Crippen LogP contribution in [0.5, 0.6) is 0 Å². The summed E-state index contributed by atoms with van der Waals surface area (Å²) in [5, 5.41) is 10.2. The number of hydrogen-bond acceptors (Lipinski definition) is 1. The summed E-state index contributed by atoms with van der Waals surface area (Å²) in [4.78, 5) is 0. The Labute approximate surface area is 72.0 Å². The average molecular weight is 209 g/mol. The zero-order valence-electron chi connectivity index (χ0n) is 6.81. The Bertz CT molecular complexity index is 65.7. The van der Waals surface area contributed by atoms with Gasteiger partial charge in [-0.05, 0) is 25.2 Å². The van der Waals surface area contributed by atoms with Gasteiger partial charge in [0.25, 0.3) is 0 Å². The normalized spacial score (nSPS) is 16.8. The fourth-order valence-electron chi connectivity index (χ4n) is 0.758. The largest absolute Gasteiger partial charge is 0.393 e. The van der Waals surface area contributed by atoms with E-state index in [4.69, 9.17) is 0 Å². The summed E-state index contributed by atoms with van der Waals surface area (Å²) >= 11 is 3.41. The monoisotopic (exact) mass is 208 g/mol. The van der Waals surface area contributed by atoms with Gasteiger partial charge >= 0.3 is 0 Å². The molecule has 0 aromatic carbocycles. The van der Waals surface area contributed by atoms with Gasteiger partial charge in [-0.3, -0.25) is 0 Å². The minimum absolute atomic E-state index is 0.0819. The zero-order valence-corrected chi connectivity index (χ0v) is 8.39. The van der Waals surface area contributed by atoms with Crippen molar-refractivity contribution in [3.63, 3.8) is 0 Å². The molecule has 0 saturated carbocycles. The predicted octanol–water partition coefficient (Wildman–Crippen LogP) is 2.57. The molecule has 0 aliphatic rings. The minimum Gasteiger partial charge on any atom is -0.393 e. The van der Waals surface area contributed by atoms with Crippen LogP contribution in [-0.2, 0) is 0 Å². The Morgan fingerprint density at radius 2 is 2.00 bits per heavy atom. The molecule has 1 N–H and O–H groups in total. The van der Waals surface area contributed by atoms with Crippen molar-refractivity contribution in [1.29, 1.82) is 0 Å². The molecule has 2 unspecified atom stereocenters. The molecule has 0 rings (SSSR count). The highest BCUT2D eigenvalue weighted by molar-refractivity contribution is 9.09. The van der Waals surface area contributed by atoms with Gasteiger partial charge in [-0.1, -0.05) is 29.8 Å². The highest BCUT2D eigenvalue weighted by Gasteiger charge is 2.04. The van der Waals surface area contributed by atoms with Crippen LogP contribution < -0.4 is 0 Å². The molecule has 0 amide bonds. The molecule has 0 bridgehead atoms. The van der Waals surface area contributed by atoms with Crippen molar-refractivity contribution < 1.29 is 5.11 Å². The van der Waals surface area contributed by atoms with Crippen LogP contribution in [0.3, 0.4) is 0 Å². The predicted molar refractivity (Wildman–Crippen MR) is 48.5 cm³/mol. The van der Waals surface area contributed by atoms with Crippen molar-refractivity contribution in [2.24, 2.45) is 5.92 Å². The summed E-state index contributed by atoms with van der Waals surface area (Å²) < 4.78 is 0. The van der Waals surface area contributed by atoms with E-state index in [9.17, 15) is 5.11 Å². The van der Waals surface area contributed by atoms with Crippen LogP contribution in [0.25, 0.3) is 0 Å². The maximum absolute atomic E-state index is 9.19.